The molecule has 5 fully saturated rings. The number of hydrogen-bond donors (Lipinski definition) is 1. The van der Waals surface area contributed by atoms with Gasteiger partial charge in [-0.3, -0.25) is 4.79 Å². The number of carbonyl (C=O) groups is 1. The number of piperidine rings is 1. The van der Waals surface area contributed by atoms with E-state index < -0.39 is 0 Å². The van der Waals surface area contributed by atoms with Crippen molar-refractivity contribution in [3.8, 4) is 0 Å². The van der Waals surface area contributed by atoms with Crippen molar-refractivity contribution in [1.29, 1.82) is 0 Å². The topological polar surface area (TPSA) is 49.0 Å². The zero-order chi connectivity index (χ0) is 14.7. The Morgan fingerprint density at radius 2 is 1.95 bits per heavy atom. The normalized spacial score (nSPS) is 40.5. The predicted molar refractivity (Wildman–Crippen MR) is 83.1 cm³/mol. The van der Waals surface area contributed by atoms with Gasteiger partial charge in [-0.25, -0.2) is 4.98 Å². The molecule has 0 aromatic carbocycles. The zero-order valence-corrected chi connectivity index (χ0v) is 13.1. The number of imidazole rings is 1. The van der Waals surface area contributed by atoms with E-state index >= 15 is 0 Å². The van der Waals surface area contributed by atoms with E-state index in [1.807, 2.05) is 6.20 Å². The zero-order valence-electron chi connectivity index (χ0n) is 13.1. The fourth-order valence-corrected chi connectivity index (χ4v) is 6.23. The first kappa shape index (κ1) is 13.1. The number of carbonyl (C=O) groups excluding carboxylic acids is 1. The largest absolute Gasteiger partial charge is 0.348 e. The highest BCUT2D eigenvalue weighted by Gasteiger charge is 2.56. The Hall–Kier alpha value is -1.32. The summed E-state index contributed by atoms with van der Waals surface area (Å²) in [6.45, 7) is 1.87. The maximum atomic E-state index is 13.1. The van der Waals surface area contributed by atoms with Crippen LogP contribution in [0.2, 0.25) is 0 Å². The van der Waals surface area contributed by atoms with Gasteiger partial charge in [-0.2, -0.15) is 0 Å². The van der Waals surface area contributed by atoms with E-state index in [2.05, 4.69) is 14.9 Å². The average molecular weight is 299 g/mol. The van der Waals surface area contributed by atoms with Crippen molar-refractivity contribution in [2.24, 2.45) is 29.6 Å². The summed E-state index contributed by atoms with van der Waals surface area (Å²) >= 11 is 0. The van der Waals surface area contributed by atoms with Gasteiger partial charge in [-0.15, -0.1) is 0 Å². The molecular formula is C18H25N3O. The maximum absolute atomic E-state index is 13.1. The molecule has 5 unspecified atom stereocenters. The third-order valence-electron chi connectivity index (χ3n) is 7.11. The third-order valence-corrected chi connectivity index (χ3v) is 7.11. The van der Waals surface area contributed by atoms with Crippen LogP contribution in [0.1, 0.15) is 50.1 Å². The maximum Gasteiger partial charge on any atom is 0.226 e. The van der Waals surface area contributed by atoms with Crippen LogP contribution < -0.4 is 0 Å². The summed E-state index contributed by atoms with van der Waals surface area (Å²) in [5.74, 6) is 4.75. The SMILES string of the molecule is O=C(C1C2CC3CC(C2)C1C3)N1CCC(c2cnc[nH]2)CC1. The Kier molecular flexibility index (Phi) is 2.89. The molecule has 1 aliphatic heterocycles. The number of aromatic nitrogens is 2. The van der Waals surface area contributed by atoms with E-state index in [0.717, 1.165) is 49.6 Å². The Morgan fingerprint density at radius 1 is 1.14 bits per heavy atom. The van der Waals surface area contributed by atoms with Crippen LogP contribution in [0.25, 0.3) is 0 Å². The van der Waals surface area contributed by atoms with Gasteiger partial charge in [0.15, 0.2) is 0 Å². The molecule has 4 bridgehead atoms. The fraction of sp³-hybridized carbons (Fsp3) is 0.778. The molecule has 1 amide bonds. The predicted octanol–water partition coefficient (Wildman–Crippen LogP) is 2.80. The minimum Gasteiger partial charge on any atom is -0.348 e. The second-order valence-electron chi connectivity index (χ2n) is 8.13. The number of amides is 1. The summed E-state index contributed by atoms with van der Waals surface area (Å²) < 4.78 is 0. The second-order valence-corrected chi connectivity index (χ2v) is 8.13. The summed E-state index contributed by atoms with van der Waals surface area (Å²) in [6, 6.07) is 0. The molecule has 1 saturated heterocycles. The van der Waals surface area contributed by atoms with Gasteiger partial charge in [0.1, 0.15) is 0 Å². The van der Waals surface area contributed by atoms with Crippen LogP contribution in [-0.2, 0) is 4.79 Å². The number of nitrogens with one attached hydrogen (secondary N) is 1. The van der Waals surface area contributed by atoms with Crippen molar-refractivity contribution in [3.63, 3.8) is 0 Å². The number of rotatable bonds is 2. The first-order valence-corrected chi connectivity index (χ1v) is 9.06. The summed E-state index contributed by atoms with van der Waals surface area (Å²) in [4.78, 5) is 22.6. The van der Waals surface area contributed by atoms with E-state index in [9.17, 15) is 4.79 Å². The molecule has 4 saturated carbocycles. The molecule has 1 aromatic heterocycles. The van der Waals surface area contributed by atoms with Gasteiger partial charge in [-0.1, -0.05) is 0 Å². The molecule has 1 N–H and O–H groups in total. The average Bonchev–Trinajstić information content (AvgIpc) is 3.22. The van der Waals surface area contributed by atoms with Gasteiger partial charge in [0.25, 0.3) is 0 Å². The number of nitrogens with zero attached hydrogens (tertiary/aromatic N) is 2. The lowest BCUT2D eigenvalue weighted by atomic mass is 9.74. The quantitative estimate of drug-likeness (QED) is 0.913. The Morgan fingerprint density at radius 3 is 2.68 bits per heavy atom. The Balaban J connectivity index is 1.26. The molecule has 4 heteroatoms. The van der Waals surface area contributed by atoms with Gasteiger partial charge in [0.2, 0.25) is 5.91 Å². The van der Waals surface area contributed by atoms with Crippen molar-refractivity contribution in [3.05, 3.63) is 18.2 Å². The lowest BCUT2D eigenvalue weighted by Crippen LogP contribution is -2.45. The van der Waals surface area contributed by atoms with E-state index in [0.29, 0.717) is 17.7 Å². The highest BCUT2D eigenvalue weighted by molar-refractivity contribution is 5.80. The molecule has 5 atom stereocenters. The van der Waals surface area contributed by atoms with Crippen molar-refractivity contribution >= 4 is 5.91 Å². The number of H-pyrrole nitrogens is 1. The van der Waals surface area contributed by atoms with E-state index in [-0.39, 0.29) is 0 Å². The van der Waals surface area contributed by atoms with Gasteiger partial charge < -0.3 is 9.88 Å². The molecule has 22 heavy (non-hydrogen) atoms. The number of aromatic amines is 1. The molecule has 118 valence electrons. The van der Waals surface area contributed by atoms with Crippen LogP contribution >= 0.6 is 0 Å². The number of hydrogen-bond acceptors (Lipinski definition) is 2. The Bertz CT molecular complexity index is 557. The van der Waals surface area contributed by atoms with Crippen LogP contribution in [0.3, 0.4) is 0 Å². The van der Waals surface area contributed by atoms with Gasteiger partial charge in [-0.05, 0) is 62.2 Å². The molecule has 5 aliphatic rings. The van der Waals surface area contributed by atoms with Gasteiger partial charge in [0.05, 0.1) is 6.33 Å². The van der Waals surface area contributed by atoms with Crippen molar-refractivity contribution in [1.82, 2.24) is 14.9 Å². The van der Waals surface area contributed by atoms with Crippen molar-refractivity contribution < 1.29 is 4.79 Å². The highest BCUT2D eigenvalue weighted by Crippen LogP contribution is 2.61. The van der Waals surface area contributed by atoms with Crippen LogP contribution in [0.4, 0.5) is 0 Å². The molecule has 6 rings (SSSR count). The van der Waals surface area contributed by atoms with Crippen LogP contribution in [0, 0.1) is 29.6 Å². The fourth-order valence-electron chi connectivity index (χ4n) is 6.23. The number of likely N-dealkylation sites (tertiary alicyclic amines) is 1. The summed E-state index contributed by atoms with van der Waals surface area (Å²) in [5, 5.41) is 0. The lowest BCUT2D eigenvalue weighted by Gasteiger charge is -2.38. The smallest absolute Gasteiger partial charge is 0.226 e. The molecule has 4 aliphatic carbocycles. The molecule has 0 spiro atoms. The highest BCUT2D eigenvalue weighted by atomic mass is 16.2. The summed E-state index contributed by atoms with van der Waals surface area (Å²) in [7, 11) is 0. The second kappa shape index (κ2) is 4.84. The summed E-state index contributed by atoms with van der Waals surface area (Å²) in [5.41, 5.74) is 1.24. The van der Waals surface area contributed by atoms with Crippen LogP contribution in [0.15, 0.2) is 12.5 Å². The van der Waals surface area contributed by atoms with E-state index in [4.69, 9.17) is 0 Å². The van der Waals surface area contributed by atoms with E-state index in [1.54, 1.807) is 6.33 Å². The van der Waals surface area contributed by atoms with Crippen molar-refractivity contribution in [2.75, 3.05) is 13.1 Å². The Labute approximate surface area is 131 Å². The molecular weight excluding hydrogens is 274 g/mol. The minimum absolute atomic E-state index is 0.382. The minimum atomic E-state index is 0.382. The molecule has 2 heterocycles. The van der Waals surface area contributed by atoms with Gasteiger partial charge >= 0.3 is 0 Å². The van der Waals surface area contributed by atoms with E-state index in [1.165, 1.54) is 31.4 Å². The standard InChI is InChI=1S/C18H25N3O/c22-18(17-14-6-11-5-13(8-14)15(17)7-11)21-3-1-12(2-4-21)16-9-19-10-20-16/h9-15,17H,1-8H2,(H,19,20). The first-order chi connectivity index (χ1) is 10.8. The monoisotopic (exact) mass is 299 g/mol. The molecule has 4 nitrogen and oxygen atoms in total. The van der Waals surface area contributed by atoms with Gasteiger partial charge in [0, 0.05) is 36.8 Å². The van der Waals surface area contributed by atoms with Crippen LogP contribution in [-0.4, -0.2) is 33.9 Å². The summed E-state index contributed by atoms with van der Waals surface area (Å²) in [6.07, 6.45) is 11.3. The third kappa shape index (κ3) is 1.88. The molecule has 1 aromatic rings. The lowest BCUT2D eigenvalue weighted by molar-refractivity contribution is -0.140. The van der Waals surface area contributed by atoms with Crippen molar-refractivity contribution in [2.45, 2.75) is 44.4 Å². The van der Waals surface area contributed by atoms with Crippen LogP contribution in [0.5, 0.6) is 0 Å². The molecule has 0 radical (unpaired) electrons. The first-order valence-electron chi connectivity index (χ1n) is 9.06.